The van der Waals surface area contributed by atoms with Crippen molar-refractivity contribution in [2.24, 2.45) is 0 Å². The van der Waals surface area contributed by atoms with Crippen LogP contribution in [0.1, 0.15) is 29.1 Å². The number of rotatable bonds is 5. The summed E-state index contributed by atoms with van der Waals surface area (Å²) in [6.07, 6.45) is 1.04. The fourth-order valence-electron chi connectivity index (χ4n) is 2.50. The first kappa shape index (κ1) is 15.4. The SMILES string of the molecule is Cc1cc2nc(C)c(CCC(=O)N(C)CCO)c(C)n2n1. The molecule has 0 aliphatic heterocycles. The quantitative estimate of drug-likeness (QED) is 0.893. The third-order valence-electron chi connectivity index (χ3n) is 3.74. The summed E-state index contributed by atoms with van der Waals surface area (Å²) < 4.78 is 1.83. The van der Waals surface area contributed by atoms with Gasteiger partial charge in [0.05, 0.1) is 12.3 Å². The van der Waals surface area contributed by atoms with E-state index in [0.717, 1.165) is 28.3 Å². The summed E-state index contributed by atoms with van der Waals surface area (Å²) in [7, 11) is 1.70. The van der Waals surface area contributed by atoms with Crippen molar-refractivity contribution in [2.75, 3.05) is 20.2 Å². The molecule has 114 valence electrons. The van der Waals surface area contributed by atoms with Crippen LogP contribution in [0.4, 0.5) is 0 Å². The number of carbonyl (C=O) groups excluding carboxylic acids is 1. The molecule has 0 spiro atoms. The van der Waals surface area contributed by atoms with Crippen LogP contribution in [-0.4, -0.2) is 50.7 Å². The van der Waals surface area contributed by atoms with Gasteiger partial charge in [-0.15, -0.1) is 0 Å². The fourth-order valence-corrected chi connectivity index (χ4v) is 2.50. The summed E-state index contributed by atoms with van der Waals surface area (Å²) in [6.45, 7) is 6.27. The summed E-state index contributed by atoms with van der Waals surface area (Å²) >= 11 is 0. The monoisotopic (exact) mass is 290 g/mol. The van der Waals surface area contributed by atoms with E-state index in [2.05, 4.69) is 10.1 Å². The van der Waals surface area contributed by atoms with Gasteiger partial charge in [-0.25, -0.2) is 9.50 Å². The van der Waals surface area contributed by atoms with Gasteiger partial charge in [-0.1, -0.05) is 0 Å². The van der Waals surface area contributed by atoms with E-state index in [1.54, 1.807) is 11.9 Å². The molecule has 0 saturated carbocycles. The number of fused-ring (bicyclic) bond motifs is 1. The lowest BCUT2D eigenvalue weighted by atomic mass is 10.1. The lowest BCUT2D eigenvalue weighted by molar-refractivity contribution is -0.130. The molecule has 0 saturated heterocycles. The fraction of sp³-hybridized carbons (Fsp3) is 0.533. The molecule has 2 heterocycles. The molecular weight excluding hydrogens is 268 g/mol. The van der Waals surface area contributed by atoms with Crippen LogP contribution in [0, 0.1) is 20.8 Å². The molecule has 0 unspecified atom stereocenters. The average Bonchev–Trinajstić information content (AvgIpc) is 2.79. The Morgan fingerprint density at radius 3 is 2.76 bits per heavy atom. The molecule has 0 aliphatic rings. The molecule has 0 aliphatic carbocycles. The second-order valence-corrected chi connectivity index (χ2v) is 5.36. The maximum absolute atomic E-state index is 12.0. The number of hydrogen-bond acceptors (Lipinski definition) is 4. The maximum Gasteiger partial charge on any atom is 0.222 e. The van der Waals surface area contributed by atoms with Crippen LogP contribution >= 0.6 is 0 Å². The van der Waals surface area contributed by atoms with Gasteiger partial charge >= 0.3 is 0 Å². The van der Waals surface area contributed by atoms with Gasteiger partial charge < -0.3 is 10.0 Å². The predicted octanol–water partition coefficient (Wildman–Crippen LogP) is 1.04. The van der Waals surface area contributed by atoms with Crippen LogP contribution in [0.2, 0.25) is 0 Å². The van der Waals surface area contributed by atoms with Gasteiger partial charge in [0.15, 0.2) is 5.65 Å². The Morgan fingerprint density at radius 2 is 2.10 bits per heavy atom. The molecule has 0 aromatic carbocycles. The normalized spacial score (nSPS) is 11.1. The summed E-state index contributed by atoms with van der Waals surface area (Å²) in [4.78, 5) is 18.1. The Labute approximate surface area is 124 Å². The van der Waals surface area contributed by atoms with Crippen molar-refractivity contribution in [3.05, 3.63) is 28.7 Å². The van der Waals surface area contributed by atoms with E-state index < -0.39 is 0 Å². The third-order valence-corrected chi connectivity index (χ3v) is 3.74. The van der Waals surface area contributed by atoms with Crippen LogP contribution in [0.15, 0.2) is 6.07 Å². The predicted molar refractivity (Wildman–Crippen MR) is 80.2 cm³/mol. The molecule has 6 nitrogen and oxygen atoms in total. The molecule has 6 heteroatoms. The Hall–Kier alpha value is -1.95. The molecule has 1 amide bonds. The lowest BCUT2D eigenvalue weighted by Crippen LogP contribution is -2.29. The van der Waals surface area contributed by atoms with Crippen LogP contribution in [0.25, 0.3) is 5.65 Å². The summed E-state index contributed by atoms with van der Waals surface area (Å²) in [5.74, 6) is 0.0274. The van der Waals surface area contributed by atoms with Crippen LogP contribution in [-0.2, 0) is 11.2 Å². The highest BCUT2D eigenvalue weighted by Crippen LogP contribution is 2.17. The van der Waals surface area contributed by atoms with Crippen molar-refractivity contribution < 1.29 is 9.90 Å². The van der Waals surface area contributed by atoms with Gasteiger partial charge in [0.1, 0.15) is 0 Å². The van der Waals surface area contributed by atoms with Gasteiger partial charge in [0, 0.05) is 37.5 Å². The average molecular weight is 290 g/mol. The highest BCUT2D eigenvalue weighted by atomic mass is 16.3. The molecule has 2 rings (SSSR count). The molecule has 0 bridgehead atoms. The van der Waals surface area contributed by atoms with Crippen molar-refractivity contribution in [2.45, 2.75) is 33.6 Å². The number of hydrogen-bond donors (Lipinski definition) is 1. The number of nitrogens with zero attached hydrogens (tertiary/aromatic N) is 4. The Kier molecular flexibility index (Phi) is 4.57. The highest BCUT2D eigenvalue weighted by molar-refractivity contribution is 5.76. The summed E-state index contributed by atoms with van der Waals surface area (Å²) in [5, 5.41) is 13.3. The van der Waals surface area contributed by atoms with E-state index in [-0.39, 0.29) is 12.5 Å². The van der Waals surface area contributed by atoms with E-state index in [1.807, 2.05) is 31.4 Å². The smallest absolute Gasteiger partial charge is 0.222 e. The van der Waals surface area contributed by atoms with E-state index in [1.165, 1.54) is 0 Å². The molecule has 0 atom stereocenters. The standard InChI is InChI=1S/C15H22N4O2/c1-10-9-14-16-11(2)13(12(3)19(14)17-10)5-6-15(21)18(4)7-8-20/h9,20H,5-8H2,1-4H3. The second kappa shape index (κ2) is 6.22. The van der Waals surface area contributed by atoms with Crippen LogP contribution < -0.4 is 0 Å². The van der Waals surface area contributed by atoms with Gasteiger partial charge in [-0.05, 0) is 32.8 Å². The van der Waals surface area contributed by atoms with Crippen LogP contribution in [0.3, 0.4) is 0 Å². The Bertz CT molecular complexity index is 663. The van der Waals surface area contributed by atoms with Gasteiger partial charge in [0.25, 0.3) is 0 Å². The summed E-state index contributed by atoms with van der Waals surface area (Å²) in [6, 6.07) is 1.95. The first-order valence-corrected chi connectivity index (χ1v) is 7.11. The first-order chi connectivity index (χ1) is 9.93. The number of aryl methyl sites for hydroxylation is 3. The van der Waals surface area contributed by atoms with Crippen molar-refractivity contribution in [3.8, 4) is 0 Å². The van der Waals surface area contributed by atoms with E-state index in [9.17, 15) is 4.79 Å². The van der Waals surface area contributed by atoms with Crippen molar-refractivity contribution in [1.82, 2.24) is 19.5 Å². The van der Waals surface area contributed by atoms with Crippen molar-refractivity contribution >= 4 is 11.6 Å². The molecule has 2 aromatic heterocycles. The molecular formula is C15H22N4O2. The van der Waals surface area contributed by atoms with Gasteiger partial charge in [-0.3, -0.25) is 4.79 Å². The largest absolute Gasteiger partial charge is 0.395 e. The van der Waals surface area contributed by atoms with Crippen LogP contribution in [0.5, 0.6) is 0 Å². The molecule has 0 radical (unpaired) electrons. The van der Waals surface area contributed by atoms with Gasteiger partial charge in [0.2, 0.25) is 5.91 Å². The zero-order valence-electron chi connectivity index (χ0n) is 13.1. The molecule has 1 N–H and O–H groups in total. The lowest BCUT2D eigenvalue weighted by Gasteiger charge is -2.16. The topological polar surface area (TPSA) is 70.7 Å². The number of carbonyl (C=O) groups is 1. The zero-order chi connectivity index (χ0) is 15.6. The van der Waals surface area contributed by atoms with E-state index >= 15 is 0 Å². The summed E-state index contributed by atoms with van der Waals surface area (Å²) in [5.41, 5.74) is 4.81. The first-order valence-electron chi connectivity index (χ1n) is 7.11. The molecule has 2 aromatic rings. The van der Waals surface area contributed by atoms with E-state index in [4.69, 9.17) is 5.11 Å². The minimum Gasteiger partial charge on any atom is -0.395 e. The molecule has 21 heavy (non-hydrogen) atoms. The van der Waals surface area contributed by atoms with E-state index in [0.29, 0.717) is 19.4 Å². The van der Waals surface area contributed by atoms with Crippen molar-refractivity contribution in [1.29, 1.82) is 0 Å². The zero-order valence-corrected chi connectivity index (χ0v) is 13.1. The maximum atomic E-state index is 12.0. The minimum absolute atomic E-state index is 0.0135. The highest BCUT2D eigenvalue weighted by Gasteiger charge is 2.14. The number of aliphatic hydroxyl groups is 1. The number of amides is 1. The molecule has 0 fully saturated rings. The number of aromatic nitrogens is 3. The minimum atomic E-state index is -0.0135. The van der Waals surface area contributed by atoms with Crippen molar-refractivity contribution in [3.63, 3.8) is 0 Å². The number of likely N-dealkylation sites (N-methyl/N-ethyl adjacent to an activating group) is 1. The number of aliphatic hydroxyl groups excluding tert-OH is 1. The van der Waals surface area contributed by atoms with Gasteiger partial charge in [-0.2, -0.15) is 5.10 Å². The second-order valence-electron chi connectivity index (χ2n) is 5.36. The Balaban J connectivity index is 2.20. The Morgan fingerprint density at radius 1 is 1.38 bits per heavy atom. The third kappa shape index (κ3) is 3.21.